The number of hydrogen-bond acceptors (Lipinski definition) is 4. The third-order valence-corrected chi connectivity index (χ3v) is 6.72. The number of fused-ring (bicyclic) bond motifs is 1. The molecule has 2 N–H and O–H groups in total. The van der Waals surface area contributed by atoms with Crippen molar-refractivity contribution < 1.29 is 91.2 Å². The quantitative estimate of drug-likeness (QED) is 0.307. The molecule has 2 saturated carbocycles. The van der Waals surface area contributed by atoms with Crippen LogP contribution >= 0.6 is 0 Å². The van der Waals surface area contributed by atoms with E-state index < -0.39 is 11.7 Å². The van der Waals surface area contributed by atoms with Gasteiger partial charge in [0.05, 0.1) is 17.0 Å². The van der Waals surface area contributed by atoms with E-state index in [2.05, 4.69) is 29.2 Å². The first kappa shape index (κ1) is 31.4. The van der Waals surface area contributed by atoms with Crippen molar-refractivity contribution in [3.8, 4) is 0 Å². The number of carbonyl (C=O) groups excluding carboxylic acids is 1. The molecular formula is C28H31CsF4N4O. The van der Waals surface area contributed by atoms with E-state index in [-0.39, 0.29) is 109 Å². The molecule has 2 fully saturated rings. The predicted octanol–water partition coefficient (Wildman–Crippen LogP) is 3.47. The average molecular weight is 648 g/mol. The summed E-state index contributed by atoms with van der Waals surface area (Å²) in [5.74, 6) is 0.472. The Bertz CT molecular complexity index is 1230. The van der Waals surface area contributed by atoms with E-state index in [0.717, 1.165) is 25.7 Å². The van der Waals surface area contributed by atoms with Crippen molar-refractivity contribution in [2.45, 2.75) is 44.3 Å². The molecule has 1 aromatic heterocycles. The maximum atomic E-state index is 13.6. The Labute approximate surface area is 279 Å². The van der Waals surface area contributed by atoms with Crippen LogP contribution in [0.1, 0.15) is 43.5 Å². The van der Waals surface area contributed by atoms with Crippen molar-refractivity contribution >= 4 is 34.0 Å². The monoisotopic (exact) mass is 648 g/mol. The molecular weight excluding hydrogens is 617 g/mol. The molecule has 1 amide bonds. The van der Waals surface area contributed by atoms with E-state index in [1.165, 1.54) is 0 Å². The van der Waals surface area contributed by atoms with E-state index in [0.29, 0.717) is 36.1 Å². The molecule has 1 aromatic carbocycles. The van der Waals surface area contributed by atoms with Crippen LogP contribution in [-0.4, -0.2) is 41.6 Å². The molecule has 0 bridgehead atoms. The van der Waals surface area contributed by atoms with Gasteiger partial charge in [0.25, 0.3) is 0 Å². The standard InChI is InChI=1S/C28H31F4N4O.Cs/c1-17(28(30,31)32)26-23-5-4-6-25(33-21(16-29)11-12-36(2)3)24(23)15-20(34-26)10-7-18-13-22(14-18)35-27(37)19-8-9-19;/h4-7,10,15-16,18-19,22,33H,1-2,8-9,11-14H2,3H3,(H,35,37);/q-1;+1/b10-7+,21-16-;. The van der Waals surface area contributed by atoms with E-state index in [9.17, 15) is 22.4 Å². The zero-order valence-corrected chi connectivity index (χ0v) is 28.0. The van der Waals surface area contributed by atoms with Gasteiger partial charge in [0.15, 0.2) is 0 Å². The van der Waals surface area contributed by atoms with Gasteiger partial charge in [-0.2, -0.15) is 13.2 Å². The first-order valence-electron chi connectivity index (χ1n) is 12.3. The predicted molar refractivity (Wildman–Crippen MR) is 139 cm³/mol. The molecule has 2 aliphatic carbocycles. The summed E-state index contributed by atoms with van der Waals surface area (Å²) in [6.45, 7) is 3.76. The zero-order valence-electron chi connectivity index (χ0n) is 21.7. The summed E-state index contributed by atoms with van der Waals surface area (Å²) in [4.78, 5) is 17.9. The molecule has 0 spiro atoms. The number of allylic oxidation sites excluding steroid dienone is 2. The van der Waals surface area contributed by atoms with E-state index >= 15 is 0 Å². The maximum absolute atomic E-state index is 13.6. The SMILES string of the molecule is C=C(c1nc(/C=C/C2CC(NC(=O)C3CC3)C2)cc2c(N/C(=C\F)CCN([CH2-])C)cccc12)C(F)(F)F.[Cs+]. The third kappa shape index (κ3) is 8.19. The molecule has 0 unspecified atom stereocenters. The third-order valence-electron chi connectivity index (χ3n) is 6.72. The van der Waals surface area contributed by atoms with Crippen LogP contribution in [0.25, 0.3) is 22.4 Å². The largest absolute Gasteiger partial charge is 1.00 e. The van der Waals surface area contributed by atoms with Gasteiger partial charge in [-0.05, 0) is 63.4 Å². The van der Waals surface area contributed by atoms with Gasteiger partial charge >= 0.3 is 75.1 Å². The van der Waals surface area contributed by atoms with Crippen molar-refractivity contribution in [1.82, 2.24) is 15.2 Å². The molecule has 4 rings (SSSR count). The number of benzene rings is 1. The Balaban J connectivity index is 0.00000400. The molecule has 0 radical (unpaired) electrons. The smallest absolute Gasteiger partial charge is 0.461 e. The summed E-state index contributed by atoms with van der Waals surface area (Å²) in [7, 11) is 5.51. The minimum absolute atomic E-state index is 0. The fourth-order valence-corrected chi connectivity index (χ4v) is 4.32. The Morgan fingerprint density at radius 3 is 2.58 bits per heavy atom. The molecule has 0 aliphatic heterocycles. The number of rotatable bonds is 10. The Morgan fingerprint density at radius 2 is 1.97 bits per heavy atom. The first-order valence-corrected chi connectivity index (χ1v) is 12.3. The second kappa shape index (κ2) is 13.5. The molecule has 2 aliphatic rings. The number of aromatic nitrogens is 1. The molecule has 198 valence electrons. The minimum atomic E-state index is -4.66. The van der Waals surface area contributed by atoms with Crippen LogP contribution in [0.4, 0.5) is 23.2 Å². The molecule has 1 heterocycles. The first-order chi connectivity index (χ1) is 17.5. The van der Waals surface area contributed by atoms with Gasteiger partial charge in [-0.25, -0.2) is 9.37 Å². The number of hydrogen-bond donors (Lipinski definition) is 2. The minimum Gasteiger partial charge on any atom is -0.461 e. The summed E-state index contributed by atoms with van der Waals surface area (Å²) in [5.41, 5.74) is -0.221. The summed E-state index contributed by atoms with van der Waals surface area (Å²) in [6, 6.07) is 6.66. The fraction of sp³-hybridized carbons (Fsp3) is 0.393. The number of nitrogens with zero attached hydrogens (tertiary/aromatic N) is 2. The number of anilines is 1. The van der Waals surface area contributed by atoms with Crippen molar-refractivity contribution in [2.75, 3.05) is 18.9 Å². The van der Waals surface area contributed by atoms with Crippen molar-refractivity contribution in [1.29, 1.82) is 0 Å². The second-order valence-electron chi connectivity index (χ2n) is 9.93. The molecule has 38 heavy (non-hydrogen) atoms. The van der Waals surface area contributed by atoms with Gasteiger partial charge in [0, 0.05) is 40.5 Å². The van der Waals surface area contributed by atoms with Crippen LogP contribution in [0.15, 0.2) is 48.9 Å². The normalized spacial score (nSPS) is 19.8. The van der Waals surface area contributed by atoms with E-state index in [1.807, 2.05) is 6.08 Å². The van der Waals surface area contributed by atoms with Gasteiger partial charge in [-0.3, -0.25) is 11.8 Å². The summed E-state index contributed by atoms with van der Waals surface area (Å²) < 4.78 is 54.5. The topological polar surface area (TPSA) is 57.3 Å². The van der Waals surface area contributed by atoms with Crippen LogP contribution in [0.3, 0.4) is 0 Å². The van der Waals surface area contributed by atoms with Crippen LogP contribution in [-0.2, 0) is 4.79 Å². The molecule has 0 atom stereocenters. The molecule has 10 heteroatoms. The Hall–Kier alpha value is -1.15. The number of pyridine rings is 1. The maximum Gasteiger partial charge on any atom is 1.00 e. The number of halogens is 4. The average Bonchev–Trinajstić information content (AvgIpc) is 3.67. The van der Waals surface area contributed by atoms with Gasteiger partial charge in [0.1, 0.15) is 6.33 Å². The second-order valence-corrected chi connectivity index (χ2v) is 9.93. The number of amides is 1. The number of alkyl halides is 3. The van der Waals surface area contributed by atoms with E-state index in [1.54, 1.807) is 42.3 Å². The van der Waals surface area contributed by atoms with E-state index in [4.69, 9.17) is 0 Å². The molecule has 0 saturated heterocycles. The van der Waals surface area contributed by atoms with Crippen LogP contribution in [0.2, 0.25) is 0 Å². The number of carbonyl (C=O) groups is 1. The van der Waals surface area contributed by atoms with Gasteiger partial charge in [-0.15, -0.1) is 0 Å². The van der Waals surface area contributed by atoms with Gasteiger partial charge in [-0.1, -0.05) is 24.8 Å². The Kier molecular flexibility index (Phi) is 11.1. The van der Waals surface area contributed by atoms with Crippen LogP contribution < -0.4 is 79.5 Å². The fourth-order valence-electron chi connectivity index (χ4n) is 4.32. The van der Waals surface area contributed by atoms with Crippen molar-refractivity contribution in [3.05, 3.63) is 67.4 Å². The van der Waals surface area contributed by atoms with Crippen LogP contribution in [0, 0.1) is 18.9 Å². The van der Waals surface area contributed by atoms with Crippen molar-refractivity contribution in [2.24, 2.45) is 11.8 Å². The van der Waals surface area contributed by atoms with Gasteiger partial charge in [0.2, 0.25) is 5.91 Å². The summed E-state index contributed by atoms with van der Waals surface area (Å²) in [5, 5.41) is 6.80. The summed E-state index contributed by atoms with van der Waals surface area (Å²) in [6.07, 6.45) is 3.22. The zero-order chi connectivity index (χ0) is 26.7. The molecule has 2 aromatic rings. The summed E-state index contributed by atoms with van der Waals surface area (Å²) >= 11 is 0. The molecule has 5 nitrogen and oxygen atoms in total. The van der Waals surface area contributed by atoms with Crippen LogP contribution in [0.5, 0.6) is 0 Å². The number of nitrogens with one attached hydrogen (secondary N) is 2. The Morgan fingerprint density at radius 1 is 1.26 bits per heavy atom. The van der Waals surface area contributed by atoms with Crippen molar-refractivity contribution in [3.63, 3.8) is 0 Å². The van der Waals surface area contributed by atoms with Gasteiger partial charge < -0.3 is 15.5 Å².